The van der Waals surface area contributed by atoms with Crippen LogP contribution in [0.15, 0.2) is 42.7 Å². The van der Waals surface area contributed by atoms with Crippen LogP contribution in [0.3, 0.4) is 0 Å². The van der Waals surface area contributed by atoms with Crippen LogP contribution in [0, 0.1) is 0 Å². The highest BCUT2D eigenvalue weighted by molar-refractivity contribution is 5.92. The molecule has 3 heterocycles. The number of morpholine rings is 1. The van der Waals surface area contributed by atoms with Crippen molar-refractivity contribution >= 4 is 33.4 Å². The number of nitrogens with zero attached hydrogens (tertiary/aromatic N) is 4. The molecule has 1 saturated heterocycles. The summed E-state index contributed by atoms with van der Waals surface area (Å²) in [6, 6.07) is 12.9. The second-order valence-corrected chi connectivity index (χ2v) is 7.76. The molecule has 0 bridgehead atoms. The topological polar surface area (TPSA) is 71.0 Å². The van der Waals surface area contributed by atoms with Crippen LogP contribution in [0.1, 0.15) is 25.7 Å². The normalized spacial score (nSPS) is 14.9. The summed E-state index contributed by atoms with van der Waals surface area (Å²) in [5.74, 6) is 0.916. The van der Waals surface area contributed by atoms with E-state index in [1.165, 1.54) is 5.69 Å². The quantitative estimate of drug-likeness (QED) is 0.540. The highest BCUT2D eigenvalue weighted by Gasteiger charge is 2.17. The van der Waals surface area contributed by atoms with Gasteiger partial charge in [0.05, 0.1) is 48.3 Å². The van der Waals surface area contributed by atoms with Crippen LogP contribution in [0.25, 0.3) is 22.1 Å². The van der Waals surface area contributed by atoms with Crippen molar-refractivity contribution in [2.45, 2.75) is 26.4 Å². The molecule has 0 unspecified atom stereocenters. The Kier molecular flexibility index (Phi) is 4.60. The van der Waals surface area contributed by atoms with Crippen LogP contribution >= 0.6 is 0 Å². The number of rotatable bonds is 5. The Labute approximate surface area is 169 Å². The van der Waals surface area contributed by atoms with Crippen LogP contribution in [0.2, 0.25) is 0 Å². The average Bonchev–Trinajstić information content (AvgIpc) is 3.36. The lowest BCUT2D eigenvalue weighted by Crippen LogP contribution is -2.36. The number of para-hydroxylation sites is 2. The van der Waals surface area contributed by atoms with Crippen molar-refractivity contribution < 1.29 is 4.74 Å². The maximum Gasteiger partial charge on any atom is 0.126 e. The molecule has 0 aliphatic carbocycles. The van der Waals surface area contributed by atoms with Gasteiger partial charge in [-0.15, -0.1) is 0 Å². The monoisotopic (exact) mass is 390 g/mol. The Balaban J connectivity index is 1.50. The first-order valence-electron chi connectivity index (χ1n) is 10.2. The molecule has 150 valence electrons. The molecular formula is C22H26N6O. The summed E-state index contributed by atoms with van der Waals surface area (Å²) in [6.45, 7) is 8.33. The van der Waals surface area contributed by atoms with E-state index in [-0.39, 0.29) is 0 Å². The van der Waals surface area contributed by atoms with E-state index in [0.29, 0.717) is 12.6 Å². The molecular weight excluding hydrogens is 364 g/mol. The van der Waals surface area contributed by atoms with Crippen molar-refractivity contribution in [1.29, 1.82) is 0 Å². The van der Waals surface area contributed by atoms with E-state index in [4.69, 9.17) is 9.72 Å². The number of nitrogens with one attached hydrogen (secondary N) is 2. The van der Waals surface area contributed by atoms with Gasteiger partial charge in [0, 0.05) is 24.8 Å². The Bertz CT molecular complexity index is 1110. The molecule has 2 N–H and O–H groups in total. The van der Waals surface area contributed by atoms with E-state index < -0.39 is 0 Å². The second kappa shape index (κ2) is 7.40. The molecule has 1 aliphatic rings. The molecule has 2 aromatic carbocycles. The number of aromatic nitrogens is 4. The zero-order valence-electron chi connectivity index (χ0n) is 16.9. The Hall–Kier alpha value is -3.06. The van der Waals surface area contributed by atoms with Gasteiger partial charge in [-0.05, 0) is 38.1 Å². The van der Waals surface area contributed by atoms with Crippen molar-refractivity contribution in [3.63, 3.8) is 0 Å². The third-order valence-electron chi connectivity index (χ3n) is 5.48. The van der Waals surface area contributed by atoms with Gasteiger partial charge < -0.3 is 24.5 Å². The fourth-order valence-electron chi connectivity index (χ4n) is 3.94. The first-order valence-corrected chi connectivity index (χ1v) is 10.2. The molecule has 0 spiro atoms. The molecule has 7 heteroatoms. The molecule has 7 nitrogen and oxygen atoms in total. The third-order valence-corrected chi connectivity index (χ3v) is 5.48. The first kappa shape index (κ1) is 18.0. The van der Waals surface area contributed by atoms with Gasteiger partial charge in [0.25, 0.3) is 0 Å². The fourth-order valence-corrected chi connectivity index (χ4v) is 3.94. The highest BCUT2D eigenvalue weighted by atomic mass is 16.5. The van der Waals surface area contributed by atoms with Gasteiger partial charge in [-0.25, -0.2) is 9.97 Å². The van der Waals surface area contributed by atoms with Crippen LogP contribution in [0.4, 0.5) is 11.4 Å². The number of aromatic amines is 1. The maximum atomic E-state index is 5.53. The molecule has 0 radical (unpaired) electrons. The molecule has 1 fully saturated rings. The van der Waals surface area contributed by atoms with Crippen LogP contribution < -0.4 is 10.2 Å². The zero-order chi connectivity index (χ0) is 19.8. The third kappa shape index (κ3) is 3.42. The lowest BCUT2D eigenvalue weighted by molar-refractivity contribution is 0.122. The minimum Gasteiger partial charge on any atom is -0.378 e. The van der Waals surface area contributed by atoms with Crippen LogP contribution in [0.5, 0.6) is 0 Å². The van der Waals surface area contributed by atoms with E-state index in [1.807, 2.05) is 30.6 Å². The number of imidazole rings is 2. The van der Waals surface area contributed by atoms with Gasteiger partial charge in [0.1, 0.15) is 11.3 Å². The largest absolute Gasteiger partial charge is 0.378 e. The highest BCUT2D eigenvalue weighted by Crippen LogP contribution is 2.31. The van der Waals surface area contributed by atoms with Gasteiger partial charge in [0.15, 0.2) is 0 Å². The van der Waals surface area contributed by atoms with Crippen LogP contribution in [-0.4, -0.2) is 45.8 Å². The van der Waals surface area contributed by atoms with Gasteiger partial charge in [-0.2, -0.15) is 0 Å². The molecule has 2 aromatic heterocycles. The average molecular weight is 390 g/mol. The number of H-pyrrole nitrogens is 1. The van der Waals surface area contributed by atoms with E-state index in [2.05, 4.69) is 50.7 Å². The standard InChI is InChI=1S/C22H26N6O/c1-15(2)28-14-24-22-19(11-16(12-20(22)28)27-7-9-29-10-8-27)23-13-21-25-17-5-3-4-6-18(17)26-21/h3-6,11-12,14-15,23H,7-10,13H2,1-2H3,(H,25,26). The van der Waals surface area contributed by atoms with E-state index in [1.54, 1.807) is 0 Å². The Morgan fingerprint density at radius 2 is 2.00 bits per heavy atom. The van der Waals surface area contributed by atoms with Crippen LogP contribution in [-0.2, 0) is 11.3 Å². The Morgan fingerprint density at radius 1 is 1.17 bits per heavy atom. The predicted molar refractivity (Wildman–Crippen MR) is 117 cm³/mol. The molecule has 0 amide bonds. The summed E-state index contributed by atoms with van der Waals surface area (Å²) < 4.78 is 7.76. The number of benzene rings is 2. The molecule has 0 atom stereocenters. The summed E-state index contributed by atoms with van der Waals surface area (Å²) in [4.78, 5) is 15.2. The SMILES string of the molecule is CC(C)n1cnc2c(NCc3nc4ccccc4[nH]3)cc(N3CCOCC3)cc21. The number of anilines is 2. The van der Waals surface area contributed by atoms with Gasteiger partial charge in [0.2, 0.25) is 0 Å². The van der Waals surface area contributed by atoms with E-state index >= 15 is 0 Å². The summed E-state index contributed by atoms with van der Waals surface area (Å²) in [6.07, 6.45) is 1.94. The number of hydrogen-bond donors (Lipinski definition) is 2. The smallest absolute Gasteiger partial charge is 0.126 e. The van der Waals surface area contributed by atoms with Gasteiger partial charge >= 0.3 is 0 Å². The second-order valence-electron chi connectivity index (χ2n) is 7.76. The lowest BCUT2D eigenvalue weighted by Gasteiger charge is -2.29. The van der Waals surface area contributed by atoms with Crippen molar-refractivity contribution in [2.24, 2.45) is 0 Å². The predicted octanol–water partition coefficient (Wildman–Crippen LogP) is 3.94. The molecule has 0 saturated carbocycles. The van der Waals surface area contributed by atoms with E-state index in [0.717, 1.165) is 59.9 Å². The van der Waals surface area contributed by atoms with Crippen molar-refractivity contribution in [1.82, 2.24) is 19.5 Å². The minimum absolute atomic E-state index is 0.350. The maximum absolute atomic E-state index is 5.53. The molecule has 5 rings (SSSR count). The first-order chi connectivity index (χ1) is 14.2. The minimum atomic E-state index is 0.350. The summed E-state index contributed by atoms with van der Waals surface area (Å²) in [5.41, 5.74) is 6.42. The summed E-state index contributed by atoms with van der Waals surface area (Å²) in [5, 5.41) is 3.57. The summed E-state index contributed by atoms with van der Waals surface area (Å²) >= 11 is 0. The fraction of sp³-hybridized carbons (Fsp3) is 0.364. The van der Waals surface area contributed by atoms with Crippen molar-refractivity contribution in [2.75, 3.05) is 36.5 Å². The molecule has 29 heavy (non-hydrogen) atoms. The molecule has 4 aromatic rings. The number of fused-ring (bicyclic) bond motifs is 2. The van der Waals surface area contributed by atoms with Gasteiger partial charge in [-0.3, -0.25) is 0 Å². The Morgan fingerprint density at radius 3 is 2.79 bits per heavy atom. The number of ether oxygens (including phenoxy) is 1. The summed E-state index contributed by atoms with van der Waals surface area (Å²) in [7, 11) is 0. The van der Waals surface area contributed by atoms with Crippen molar-refractivity contribution in [3.8, 4) is 0 Å². The molecule has 1 aliphatic heterocycles. The lowest BCUT2D eigenvalue weighted by atomic mass is 10.2. The van der Waals surface area contributed by atoms with Crippen molar-refractivity contribution in [3.05, 3.63) is 48.5 Å². The van der Waals surface area contributed by atoms with Gasteiger partial charge in [-0.1, -0.05) is 12.1 Å². The zero-order valence-corrected chi connectivity index (χ0v) is 16.9. The number of hydrogen-bond acceptors (Lipinski definition) is 5. The van der Waals surface area contributed by atoms with E-state index in [9.17, 15) is 0 Å².